The fraction of sp³-hybridized carbons (Fsp3) is 0.226. The molecule has 38 heavy (non-hydrogen) atoms. The number of ether oxygens (including phenoxy) is 1. The summed E-state index contributed by atoms with van der Waals surface area (Å²) in [5, 5.41) is 12.4. The number of aromatic amines is 1. The predicted octanol–water partition coefficient (Wildman–Crippen LogP) is 6.63. The second kappa shape index (κ2) is 9.49. The number of benzene rings is 3. The van der Waals surface area contributed by atoms with Crippen molar-refractivity contribution >= 4 is 34.0 Å². The Morgan fingerprint density at radius 3 is 2.53 bits per heavy atom. The number of nitrogens with one attached hydrogen (secondary N) is 1. The van der Waals surface area contributed by atoms with E-state index in [9.17, 15) is 19.1 Å². The topological polar surface area (TPSA) is 82.6 Å². The Hall–Kier alpha value is -4.39. The van der Waals surface area contributed by atoms with Crippen LogP contribution < -0.4 is 9.64 Å². The molecule has 0 bridgehead atoms. The number of para-hydroxylation sites is 1. The van der Waals surface area contributed by atoms with Gasteiger partial charge in [-0.15, -0.1) is 0 Å². The van der Waals surface area contributed by atoms with Crippen LogP contribution >= 0.6 is 0 Å². The minimum Gasteiger partial charge on any atom is -0.507 e. The SMILES string of the molecule is CCOc1ccc(/C(O)=C2\C(=O)C(=O)N(c3cccc(F)c3)C2c2c[nH]c3ccccc23)cc1C(C)(C)C. The van der Waals surface area contributed by atoms with Gasteiger partial charge in [0.1, 0.15) is 17.3 Å². The van der Waals surface area contributed by atoms with Gasteiger partial charge in [0.2, 0.25) is 0 Å². The second-order valence-corrected chi connectivity index (χ2v) is 10.3. The monoisotopic (exact) mass is 512 g/mol. The van der Waals surface area contributed by atoms with E-state index in [4.69, 9.17) is 4.74 Å². The molecule has 1 amide bonds. The molecule has 0 radical (unpaired) electrons. The maximum absolute atomic E-state index is 14.2. The van der Waals surface area contributed by atoms with Gasteiger partial charge in [-0.2, -0.15) is 0 Å². The summed E-state index contributed by atoms with van der Waals surface area (Å²) in [5.41, 5.74) is 2.52. The lowest BCUT2D eigenvalue weighted by molar-refractivity contribution is -0.132. The molecule has 1 atom stereocenters. The largest absolute Gasteiger partial charge is 0.507 e. The molecule has 1 fully saturated rings. The van der Waals surface area contributed by atoms with Crippen molar-refractivity contribution < 1.29 is 23.8 Å². The smallest absolute Gasteiger partial charge is 0.300 e. The average Bonchev–Trinajstić information content (AvgIpc) is 3.42. The van der Waals surface area contributed by atoms with Crippen LogP contribution in [0.5, 0.6) is 5.75 Å². The van der Waals surface area contributed by atoms with Gasteiger partial charge in [-0.25, -0.2) is 4.39 Å². The van der Waals surface area contributed by atoms with E-state index in [1.54, 1.807) is 30.5 Å². The quantitative estimate of drug-likeness (QED) is 0.179. The Kier molecular flexibility index (Phi) is 6.31. The first-order chi connectivity index (χ1) is 18.1. The number of Topliss-reactive ketones (excluding diaryl/α,β-unsaturated/α-hetero) is 1. The van der Waals surface area contributed by atoms with Gasteiger partial charge in [0.25, 0.3) is 11.7 Å². The standard InChI is InChI=1S/C31H29FN2O4/c1-5-38-25-14-13-18(15-23(25)31(2,3)4)28(35)26-27(22-17-33-24-12-7-6-11-21(22)24)34(30(37)29(26)36)20-10-8-9-19(32)16-20/h6-17,27,33,35H,5H2,1-4H3/b28-26+. The Bertz CT molecular complexity index is 1590. The van der Waals surface area contributed by atoms with E-state index in [2.05, 4.69) is 4.98 Å². The van der Waals surface area contributed by atoms with Gasteiger partial charge in [0.15, 0.2) is 0 Å². The number of hydrogen-bond donors (Lipinski definition) is 2. The lowest BCUT2D eigenvalue weighted by Crippen LogP contribution is -2.29. The molecule has 6 nitrogen and oxygen atoms in total. The number of halogens is 1. The highest BCUT2D eigenvalue weighted by molar-refractivity contribution is 6.51. The number of rotatable bonds is 5. The van der Waals surface area contributed by atoms with Crippen molar-refractivity contribution in [3.63, 3.8) is 0 Å². The molecule has 0 aliphatic carbocycles. The highest BCUT2D eigenvalue weighted by atomic mass is 19.1. The maximum Gasteiger partial charge on any atom is 0.300 e. The van der Waals surface area contributed by atoms with Crippen molar-refractivity contribution in [2.45, 2.75) is 39.2 Å². The van der Waals surface area contributed by atoms with Gasteiger partial charge in [-0.05, 0) is 54.8 Å². The van der Waals surface area contributed by atoms with Crippen LogP contribution in [-0.4, -0.2) is 28.4 Å². The Morgan fingerprint density at radius 1 is 1.05 bits per heavy atom. The Morgan fingerprint density at radius 2 is 1.82 bits per heavy atom. The lowest BCUT2D eigenvalue weighted by Gasteiger charge is -2.26. The third-order valence-electron chi connectivity index (χ3n) is 6.81. The minimum atomic E-state index is -0.974. The predicted molar refractivity (Wildman–Crippen MR) is 146 cm³/mol. The number of amides is 1. The summed E-state index contributed by atoms with van der Waals surface area (Å²) < 4.78 is 20.1. The zero-order chi connectivity index (χ0) is 27.2. The van der Waals surface area contributed by atoms with Gasteiger partial charge in [-0.1, -0.05) is 45.0 Å². The van der Waals surface area contributed by atoms with E-state index in [1.807, 2.05) is 52.0 Å². The molecule has 0 spiro atoms. The molecule has 1 aliphatic rings. The van der Waals surface area contributed by atoms with Crippen molar-refractivity contribution in [2.24, 2.45) is 0 Å². The number of aromatic nitrogens is 1. The van der Waals surface area contributed by atoms with Gasteiger partial charge in [0.05, 0.1) is 18.2 Å². The van der Waals surface area contributed by atoms with E-state index in [0.29, 0.717) is 23.5 Å². The van der Waals surface area contributed by atoms with Crippen LogP contribution in [0.1, 0.15) is 50.4 Å². The van der Waals surface area contributed by atoms with Crippen LogP contribution in [0.4, 0.5) is 10.1 Å². The Labute approximate surface area is 220 Å². The van der Waals surface area contributed by atoms with Crippen LogP contribution in [0.25, 0.3) is 16.7 Å². The molecule has 2 N–H and O–H groups in total. The highest BCUT2D eigenvalue weighted by Crippen LogP contribution is 2.45. The van der Waals surface area contributed by atoms with Crippen molar-refractivity contribution in [3.05, 3.63) is 101 Å². The second-order valence-electron chi connectivity index (χ2n) is 10.3. The van der Waals surface area contributed by atoms with Crippen molar-refractivity contribution in [1.82, 2.24) is 4.98 Å². The molecule has 4 aromatic rings. The number of hydrogen-bond acceptors (Lipinski definition) is 4. The summed E-state index contributed by atoms with van der Waals surface area (Å²) in [5.74, 6) is -1.83. The van der Waals surface area contributed by atoms with Gasteiger partial charge in [0, 0.05) is 39.5 Å². The van der Waals surface area contributed by atoms with Crippen LogP contribution in [0, 0.1) is 5.82 Å². The van der Waals surface area contributed by atoms with E-state index in [0.717, 1.165) is 16.5 Å². The first kappa shape index (κ1) is 25.3. The number of ketones is 1. The molecular formula is C31H29FN2O4. The number of anilines is 1. The van der Waals surface area contributed by atoms with Crippen molar-refractivity contribution in [3.8, 4) is 5.75 Å². The number of aliphatic hydroxyl groups is 1. The molecule has 1 aliphatic heterocycles. The fourth-order valence-corrected chi connectivity index (χ4v) is 5.04. The van der Waals surface area contributed by atoms with Gasteiger partial charge in [-0.3, -0.25) is 14.5 Å². The number of carbonyl (C=O) groups excluding carboxylic acids is 2. The summed E-state index contributed by atoms with van der Waals surface area (Å²) in [4.78, 5) is 31.4. The summed E-state index contributed by atoms with van der Waals surface area (Å²) >= 11 is 0. The molecule has 3 aromatic carbocycles. The highest BCUT2D eigenvalue weighted by Gasteiger charge is 2.48. The molecule has 1 saturated heterocycles. The number of carbonyl (C=O) groups is 2. The van der Waals surface area contributed by atoms with Gasteiger partial charge < -0.3 is 14.8 Å². The fourth-order valence-electron chi connectivity index (χ4n) is 5.04. The summed E-state index contributed by atoms with van der Waals surface area (Å²) in [6, 6.07) is 17.3. The maximum atomic E-state index is 14.2. The molecule has 2 heterocycles. The Balaban J connectivity index is 1.76. The third-order valence-corrected chi connectivity index (χ3v) is 6.81. The zero-order valence-electron chi connectivity index (χ0n) is 21.7. The number of nitrogens with zero attached hydrogens (tertiary/aromatic N) is 1. The molecule has 1 aromatic heterocycles. The van der Waals surface area contributed by atoms with Crippen LogP contribution in [0.2, 0.25) is 0 Å². The zero-order valence-corrected chi connectivity index (χ0v) is 21.7. The summed E-state index contributed by atoms with van der Waals surface area (Å²) in [6.45, 7) is 8.47. The number of fused-ring (bicyclic) bond motifs is 1. The van der Waals surface area contributed by atoms with Crippen LogP contribution in [-0.2, 0) is 15.0 Å². The average molecular weight is 513 g/mol. The molecule has 1 unspecified atom stereocenters. The van der Waals surface area contributed by atoms with Crippen LogP contribution in [0.15, 0.2) is 78.5 Å². The van der Waals surface area contributed by atoms with E-state index < -0.39 is 23.5 Å². The molecule has 5 rings (SSSR count). The molecule has 194 valence electrons. The number of aliphatic hydroxyl groups excluding tert-OH is 1. The molecule has 0 saturated carbocycles. The van der Waals surface area contributed by atoms with E-state index in [1.165, 1.54) is 23.1 Å². The lowest BCUT2D eigenvalue weighted by atomic mass is 9.84. The minimum absolute atomic E-state index is 0.0620. The molecular weight excluding hydrogens is 483 g/mol. The van der Waals surface area contributed by atoms with Crippen molar-refractivity contribution in [1.29, 1.82) is 0 Å². The third kappa shape index (κ3) is 4.24. The van der Waals surface area contributed by atoms with Crippen molar-refractivity contribution in [2.75, 3.05) is 11.5 Å². The molecule has 7 heteroatoms. The van der Waals surface area contributed by atoms with Crippen LogP contribution in [0.3, 0.4) is 0 Å². The van der Waals surface area contributed by atoms with E-state index >= 15 is 0 Å². The first-order valence-corrected chi connectivity index (χ1v) is 12.5. The summed E-state index contributed by atoms with van der Waals surface area (Å²) in [7, 11) is 0. The first-order valence-electron chi connectivity index (χ1n) is 12.5. The number of H-pyrrole nitrogens is 1. The van der Waals surface area contributed by atoms with E-state index in [-0.39, 0.29) is 22.4 Å². The van der Waals surface area contributed by atoms with Gasteiger partial charge >= 0.3 is 0 Å². The summed E-state index contributed by atoms with van der Waals surface area (Å²) in [6.07, 6.45) is 1.72. The normalized spacial score (nSPS) is 17.4.